The van der Waals surface area contributed by atoms with Crippen LogP contribution in [-0.2, 0) is 12.8 Å². The molecule has 0 aliphatic heterocycles. The highest BCUT2D eigenvalue weighted by molar-refractivity contribution is 5.44. The highest BCUT2D eigenvalue weighted by atomic mass is 15.1. The maximum absolute atomic E-state index is 6.33. The van der Waals surface area contributed by atoms with Crippen LogP contribution in [0.2, 0.25) is 0 Å². The molecule has 0 spiro atoms. The summed E-state index contributed by atoms with van der Waals surface area (Å²) in [5, 5.41) is 0. The van der Waals surface area contributed by atoms with Crippen molar-refractivity contribution in [2.24, 2.45) is 11.7 Å². The van der Waals surface area contributed by atoms with Crippen LogP contribution in [0.5, 0.6) is 0 Å². The lowest BCUT2D eigenvalue weighted by atomic mass is 10.0. The summed E-state index contributed by atoms with van der Waals surface area (Å²) in [4.78, 5) is 4.30. The molecule has 106 valence electrons. The highest BCUT2D eigenvalue weighted by Gasteiger charge is 2.16. The number of hydrogen-bond acceptors (Lipinski definition) is 2. The summed E-state index contributed by atoms with van der Waals surface area (Å²) in [6.45, 7) is 4.41. The van der Waals surface area contributed by atoms with Crippen molar-refractivity contribution in [2.45, 2.75) is 45.6 Å². The zero-order chi connectivity index (χ0) is 14.1. The Bertz CT molecular complexity index is 598. The van der Waals surface area contributed by atoms with Crippen molar-refractivity contribution in [1.82, 2.24) is 9.55 Å². The van der Waals surface area contributed by atoms with Gasteiger partial charge < -0.3 is 10.3 Å². The predicted molar refractivity (Wildman–Crippen MR) is 82.0 cm³/mol. The molecule has 0 amide bonds. The normalized spacial score (nSPS) is 15.6. The third-order valence-electron chi connectivity index (χ3n) is 4.13. The molecule has 0 bridgehead atoms. The molecular weight excluding hydrogens is 246 g/mol. The van der Waals surface area contributed by atoms with Crippen LogP contribution in [0.3, 0.4) is 0 Å². The molecule has 3 nitrogen and oxygen atoms in total. The summed E-state index contributed by atoms with van der Waals surface area (Å²) in [6.07, 6.45) is 8.47. The summed E-state index contributed by atoms with van der Waals surface area (Å²) in [5.41, 5.74) is 11.6. The molecule has 0 radical (unpaired) electrons. The van der Waals surface area contributed by atoms with E-state index in [0.29, 0.717) is 5.92 Å². The lowest BCUT2D eigenvalue weighted by molar-refractivity contribution is 0.498. The molecule has 3 heteroatoms. The number of aromatic nitrogens is 2. The Kier molecular flexibility index (Phi) is 3.62. The van der Waals surface area contributed by atoms with Crippen LogP contribution < -0.4 is 5.73 Å². The number of imidazole rings is 1. The average Bonchev–Trinajstić information content (AvgIpc) is 3.06. The van der Waals surface area contributed by atoms with Crippen molar-refractivity contribution in [2.75, 3.05) is 0 Å². The van der Waals surface area contributed by atoms with Gasteiger partial charge in [0.2, 0.25) is 0 Å². The van der Waals surface area contributed by atoms with E-state index in [1.165, 1.54) is 36.1 Å². The van der Waals surface area contributed by atoms with Gasteiger partial charge in [-0.3, -0.25) is 0 Å². The van der Waals surface area contributed by atoms with Crippen molar-refractivity contribution in [3.8, 4) is 5.69 Å². The number of benzene rings is 1. The van der Waals surface area contributed by atoms with Gasteiger partial charge in [0.05, 0.1) is 18.2 Å². The Balaban J connectivity index is 1.93. The van der Waals surface area contributed by atoms with E-state index >= 15 is 0 Å². The minimum Gasteiger partial charge on any atom is -0.323 e. The number of hydrogen-bond donors (Lipinski definition) is 1. The van der Waals surface area contributed by atoms with Gasteiger partial charge in [-0.1, -0.05) is 19.9 Å². The second-order valence-corrected chi connectivity index (χ2v) is 6.23. The molecule has 1 heterocycles. The van der Waals surface area contributed by atoms with Gasteiger partial charge in [0.15, 0.2) is 0 Å². The van der Waals surface area contributed by atoms with Crippen molar-refractivity contribution in [3.63, 3.8) is 0 Å². The first-order valence-corrected chi connectivity index (χ1v) is 7.55. The van der Waals surface area contributed by atoms with E-state index in [4.69, 9.17) is 5.73 Å². The van der Waals surface area contributed by atoms with Crippen molar-refractivity contribution in [1.29, 1.82) is 0 Å². The first kappa shape index (κ1) is 13.4. The standard InChI is InChI=1S/C17H23N3/c1-12(2)8-16(18)17-10-19-11-20(17)15-7-6-13-4-3-5-14(13)9-15/h6-7,9-12,16H,3-5,8,18H2,1-2H3. The van der Waals surface area contributed by atoms with E-state index in [9.17, 15) is 0 Å². The second-order valence-electron chi connectivity index (χ2n) is 6.23. The second kappa shape index (κ2) is 5.41. The summed E-state index contributed by atoms with van der Waals surface area (Å²) < 4.78 is 2.14. The molecule has 1 aliphatic carbocycles. The first-order valence-electron chi connectivity index (χ1n) is 7.55. The van der Waals surface area contributed by atoms with E-state index in [1.807, 2.05) is 12.5 Å². The zero-order valence-electron chi connectivity index (χ0n) is 12.3. The first-order chi connectivity index (χ1) is 9.65. The van der Waals surface area contributed by atoms with Crippen LogP contribution in [-0.4, -0.2) is 9.55 Å². The predicted octanol–water partition coefficient (Wildman–Crippen LogP) is 3.41. The summed E-state index contributed by atoms with van der Waals surface area (Å²) in [7, 11) is 0. The third kappa shape index (κ3) is 2.50. The van der Waals surface area contributed by atoms with Crippen LogP contribution in [0, 0.1) is 5.92 Å². The SMILES string of the molecule is CC(C)CC(N)c1cncn1-c1ccc2c(c1)CCC2. The Morgan fingerprint density at radius 3 is 2.85 bits per heavy atom. The van der Waals surface area contributed by atoms with Crippen LogP contribution in [0.25, 0.3) is 5.69 Å². The van der Waals surface area contributed by atoms with Gasteiger partial charge in [-0.15, -0.1) is 0 Å². The van der Waals surface area contributed by atoms with Gasteiger partial charge in [-0.25, -0.2) is 4.98 Å². The quantitative estimate of drug-likeness (QED) is 0.924. The lowest BCUT2D eigenvalue weighted by Gasteiger charge is -2.17. The maximum Gasteiger partial charge on any atom is 0.0994 e. The maximum atomic E-state index is 6.33. The summed E-state index contributed by atoms with van der Waals surface area (Å²) in [6, 6.07) is 6.80. The van der Waals surface area contributed by atoms with Gasteiger partial charge in [0.25, 0.3) is 0 Å². The van der Waals surface area contributed by atoms with E-state index in [-0.39, 0.29) is 6.04 Å². The molecule has 3 rings (SSSR count). The van der Waals surface area contributed by atoms with Crippen LogP contribution in [0.1, 0.15) is 49.6 Å². The number of fused-ring (bicyclic) bond motifs is 1. The Labute approximate surface area is 120 Å². The largest absolute Gasteiger partial charge is 0.323 e. The molecule has 20 heavy (non-hydrogen) atoms. The zero-order valence-corrected chi connectivity index (χ0v) is 12.3. The van der Waals surface area contributed by atoms with Crippen LogP contribution >= 0.6 is 0 Å². The minimum absolute atomic E-state index is 0.0470. The summed E-state index contributed by atoms with van der Waals surface area (Å²) >= 11 is 0. The monoisotopic (exact) mass is 269 g/mol. The molecule has 0 saturated carbocycles. The Morgan fingerprint density at radius 1 is 1.25 bits per heavy atom. The fourth-order valence-electron chi connectivity index (χ4n) is 3.13. The number of nitrogens with two attached hydrogens (primary N) is 1. The molecule has 1 aliphatic rings. The van der Waals surface area contributed by atoms with Gasteiger partial charge in [0, 0.05) is 11.7 Å². The van der Waals surface area contributed by atoms with Crippen molar-refractivity contribution < 1.29 is 0 Å². The topological polar surface area (TPSA) is 43.8 Å². The molecule has 2 N–H and O–H groups in total. The van der Waals surface area contributed by atoms with E-state index < -0.39 is 0 Å². The Hall–Kier alpha value is -1.61. The van der Waals surface area contributed by atoms with E-state index in [0.717, 1.165) is 12.1 Å². The number of rotatable bonds is 4. The lowest BCUT2D eigenvalue weighted by Crippen LogP contribution is -2.16. The molecule has 0 fully saturated rings. The van der Waals surface area contributed by atoms with Crippen LogP contribution in [0.4, 0.5) is 0 Å². The minimum atomic E-state index is 0.0470. The average molecular weight is 269 g/mol. The fraction of sp³-hybridized carbons (Fsp3) is 0.471. The molecule has 1 aromatic carbocycles. The van der Waals surface area contributed by atoms with E-state index in [2.05, 4.69) is 41.6 Å². The van der Waals surface area contributed by atoms with Gasteiger partial charge >= 0.3 is 0 Å². The fourth-order valence-corrected chi connectivity index (χ4v) is 3.13. The van der Waals surface area contributed by atoms with Crippen molar-refractivity contribution in [3.05, 3.63) is 47.5 Å². The smallest absolute Gasteiger partial charge is 0.0994 e. The molecule has 1 atom stereocenters. The Morgan fingerprint density at radius 2 is 2.05 bits per heavy atom. The molecule has 1 unspecified atom stereocenters. The molecule has 1 aromatic heterocycles. The number of aryl methyl sites for hydroxylation is 2. The summed E-state index contributed by atoms with van der Waals surface area (Å²) in [5.74, 6) is 0.591. The molecular formula is C17H23N3. The van der Waals surface area contributed by atoms with Gasteiger partial charge in [0.1, 0.15) is 0 Å². The van der Waals surface area contributed by atoms with Crippen LogP contribution in [0.15, 0.2) is 30.7 Å². The number of nitrogens with zero attached hydrogens (tertiary/aromatic N) is 2. The highest BCUT2D eigenvalue weighted by Crippen LogP contribution is 2.27. The molecule has 2 aromatic rings. The van der Waals surface area contributed by atoms with Crippen molar-refractivity contribution >= 4 is 0 Å². The van der Waals surface area contributed by atoms with Gasteiger partial charge in [-0.05, 0) is 54.9 Å². The molecule has 0 saturated heterocycles. The van der Waals surface area contributed by atoms with E-state index in [1.54, 1.807) is 0 Å². The van der Waals surface area contributed by atoms with Gasteiger partial charge in [-0.2, -0.15) is 0 Å². The third-order valence-corrected chi connectivity index (χ3v) is 4.13.